The molecule has 10 aromatic carbocycles. The van der Waals surface area contributed by atoms with E-state index in [1.165, 1.54) is 105 Å². The number of nitrogens with zero attached hydrogens (tertiary/aromatic N) is 2. The molecule has 0 saturated carbocycles. The average molecular weight is 777 g/mol. The van der Waals surface area contributed by atoms with Crippen LogP contribution in [0.4, 0.5) is 34.1 Å². The van der Waals surface area contributed by atoms with Crippen LogP contribution in [0, 0.1) is 0 Å². The van der Waals surface area contributed by atoms with E-state index in [9.17, 15) is 0 Å². The summed E-state index contributed by atoms with van der Waals surface area (Å²) in [6.07, 6.45) is 0. The molecule has 1 aliphatic carbocycles. The van der Waals surface area contributed by atoms with Gasteiger partial charge in [0.15, 0.2) is 0 Å². The van der Waals surface area contributed by atoms with Crippen molar-refractivity contribution in [3.63, 3.8) is 0 Å². The summed E-state index contributed by atoms with van der Waals surface area (Å²) >= 11 is 0. The van der Waals surface area contributed by atoms with Crippen molar-refractivity contribution >= 4 is 55.7 Å². The zero-order valence-corrected chi connectivity index (χ0v) is 34.0. The van der Waals surface area contributed by atoms with E-state index in [4.69, 9.17) is 0 Å². The molecule has 286 valence electrons. The minimum atomic E-state index is -0.0996. The molecular weight excluding hydrogens is 737 g/mol. The summed E-state index contributed by atoms with van der Waals surface area (Å²) in [6, 6.07) is 76.6. The van der Waals surface area contributed by atoms with Gasteiger partial charge in [-0.05, 0) is 121 Å². The molecule has 0 N–H and O–H groups in total. The van der Waals surface area contributed by atoms with Crippen molar-refractivity contribution in [3.8, 4) is 55.6 Å². The molecule has 10 aromatic rings. The van der Waals surface area contributed by atoms with Crippen molar-refractivity contribution in [1.82, 2.24) is 0 Å². The van der Waals surface area contributed by atoms with E-state index in [1.807, 2.05) is 0 Å². The van der Waals surface area contributed by atoms with Crippen LogP contribution in [0.15, 0.2) is 206 Å². The van der Waals surface area contributed by atoms with Crippen molar-refractivity contribution in [3.05, 3.63) is 217 Å². The van der Waals surface area contributed by atoms with Gasteiger partial charge in [-0.1, -0.05) is 166 Å². The Hall–Kier alpha value is -7.68. The van der Waals surface area contributed by atoms with Crippen LogP contribution in [0.25, 0.3) is 77.2 Å². The van der Waals surface area contributed by atoms with Gasteiger partial charge in [-0.15, -0.1) is 0 Å². The molecule has 2 aliphatic heterocycles. The van der Waals surface area contributed by atoms with E-state index in [0.29, 0.717) is 0 Å². The third-order valence-corrected chi connectivity index (χ3v) is 13.7. The quantitative estimate of drug-likeness (QED) is 0.172. The second-order valence-corrected chi connectivity index (χ2v) is 17.3. The fourth-order valence-electron chi connectivity index (χ4n) is 10.8. The van der Waals surface area contributed by atoms with Crippen molar-refractivity contribution in [2.24, 2.45) is 0 Å². The normalized spacial score (nSPS) is 13.5. The predicted molar refractivity (Wildman–Crippen MR) is 257 cm³/mol. The van der Waals surface area contributed by atoms with E-state index in [1.54, 1.807) is 0 Å². The lowest BCUT2D eigenvalue weighted by Gasteiger charge is -2.39. The summed E-state index contributed by atoms with van der Waals surface area (Å²) in [7, 11) is 0. The molecule has 2 heterocycles. The number of anilines is 6. The highest BCUT2D eigenvalue weighted by Crippen LogP contribution is 2.59. The van der Waals surface area contributed by atoms with Crippen molar-refractivity contribution < 1.29 is 0 Å². The Labute approximate surface area is 356 Å². The maximum atomic E-state index is 2.53. The third-order valence-electron chi connectivity index (χ3n) is 13.7. The summed E-state index contributed by atoms with van der Waals surface area (Å²) in [5, 5.41) is 5.18. The van der Waals surface area contributed by atoms with Gasteiger partial charge in [-0.3, -0.25) is 0 Å². The van der Waals surface area contributed by atoms with Crippen LogP contribution in [0.2, 0.25) is 0 Å². The second kappa shape index (κ2) is 12.7. The Bertz CT molecular complexity index is 3430. The van der Waals surface area contributed by atoms with Gasteiger partial charge in [0.05, 0.1) is 17.1 Å². The molecule has 0 saturated heterocycles. The molecule has 0 aromatic heterocycles. The monoisotopic (exact) mass is 776 g/mol. The first-order valence-electron chi connectivity index (χ1n) is 21.3. The minimum Gasteiger partial charge on any atom is -0.310 e. The van der Waals surface area contributed by atoms with Gasteiger partial charge in [0.1, 0.15) is 0 Å². The second-order valence-electron chi connectivity index (χ2n) is 17.3. The van der Waals surface area contributed by atoms with E-state index in [2.05, 4.69) is 230 Å². The van der Waals surface area contributed by atoms with Crippen LogP contribution in [0.5, 0.6) is 0 Å². The number of hydrogen-bond acceptors (Lipinski definition) is 2. The van der Waals surface area contributed by atoms with Gasteiger partial charge in [0.25, 0.3) is 0 Å². The fraction of sp³-hybridized carbons (Fsp3) is 0.0508. The maximum Gasteiger partial charge on any atom is 0.0625 e. The maximum absolute atomic E-state index is 2.53. The Morgan fingerprint density at radius 2 is 0.902 bits per heavy atom. The summed E-state index contributed by atoms with van der Waals surface area (Å²) in [4.78, 5) is 4.94. The highest BCUT2D eigenvalue weighted by Gasteiger charge is 2.36. The molecule has 3 aliphatic rings. The van der Waals surface area contributed by atoms with E-state index in [-0.39, 0.29) is 5.41 Å². The van der Waals surface area contributed by atoms with E-state index in [0.717, 1.165) is 17.1 Å². The summed E-state index contributed by atoms with van der Waals surface area (Å²) < 4.78 is 0. The van der Waals surface area contributed by atoms with Crippen LogP contribution >= 0.6 is 0 Å². The molecule has 0 spiro atoms. The molecule has 2 nitrogen and oxygen atoms in total. The number of hydrogen-bond donors (Lipinski definition) is 0. The standard InChI is InChI=1S/C59H40N2/c1-59(2)52-19-7-6-16-46(52)47-33-31-45(36-53(47)59)60(43-27-21-38(22-28-43)37-11-4-3-5-12-37)44-29-23-39(24-30-44)42-26-34-54-51(35-42)49-18-9-14-41-25-32-50-48-17-8-13-40-15-10-20-55(56(40)48)61(54)58(50)57(41)49/h3-36H,1-2H3. The van der Waals surface area contributed by atoms with Gasteiger partial charge in [0, 0.05) is 44.4 Å². The van der Waals surface area contributed by atoms with Gasteiger partial charge in [0.2, 0.25) is 0 Å². The number of rotatable bonds is 5. The lowest BCUT2D eigenvalue weighted by atomic mass is 9.82. The molecule has 0 unspecified atom stereocenters. The van der Waals surface area contributed by atoms with Crippen LogP contribution in [0.3, 0.4) is 0 Å². The number of fused-ring (bicyclic) bond motifs is 8. The molecule has 2 heteroatoms. The molecular formula is C59H40N2. The van der Waals surface area contributed by atoms with Gasteiger partial charge < -0.3 is 9.80 Å². The Morgan fingerprint density at radius 3 is 1.66 bits per heavy atom. The fourth-order valence-corrected chi connectivity index (χ4v) is 10.8. The predicted octanol–water partition coefficient (Wildman–Crippen LogP) is 16.5. The van der Waals surface area contributed by atoms with Crippen molar-refractivity contribution in [1.29, 1.82) is 0 Å². The lowest BCUT2D eigenvalue weighted by molar-refractivity contribution is 0.660. The average Bonchev–Trinajstić information content (AvgIpc) is 3.55. The molecule has 0 amide bonds. The van der Waals surface area contributed by atoms with Crippen molar-refractivity contribution in [2.75, 3.05) is 9.80 Å². The summed E-state index contributed by atoms with van der Waals surface area (Å²) in [5.41, 5.74) is 22.4. The lowest BCUT2D eigenvalue weighted by Crippen LogP contribution is -2.19. The topological polar surface area (TPSA) is 6.48 Å². The van der Waals surface area contributed by atoms with E-state index < -0.39 is 0 Å². The molecule has 0 radical (unpaired) electrons. The van der Waals surface area contributed by atoms with Crippen LogP contribution in [0.1, 0.15) is 25.0 Å². The zero-order chi connectivity index (χ0) is 40.4. The van der Waals surface area contributed by atoms with Crippen LogP contribution < -0.4 is 9.80 Å². The summed E-state index contributed by atoms with van der Waals surface area (Å²) in [5.74, 6) is 0. The molecule has 13 rings (SSSR count). The highest BCUT2D eigenvalue weighted by molar-refractivity contribution is 6.24. The summed E-state index contributed by atoms with van der Waals surface area (Å²) in [6.45, 7) is 4.71. The molecule has 0 bridgehead atoms. The largest absolute Gasteiger partial charge is 0.310 e. The SMILES string of the molecule is CC1(C)c2ccccc2-c2ccc(N(c3ccc(-c4ccccc4)cc3)c3ccc(-c4ccc5c(c4)-c4cccc6ccc7c(c46)N5c4cccc5cccc-7c45)cc3)cc21. The third kappa shape index (κ3) is 4.91. The Morgan fingerprint density at radius 1 is 0.344 bits per heavy atom. The highest BCUT2D eigenvalue weighted by atomic mass is 15.2. The first kappa shape index (κ1) is 34.2. The molecule has 0 fully saturated rings. The smallest absolute Gasteiger partial charge is 0.0625 e. The Kier molecular flexibility index (Phi) is 7.10. The molecule has 61 heavy (non-hydrogen) atoms. The van der Waals surface area contributed by atoms with Gasteiger partial charge in [-0.25, -0.2) is 0 Å². The first-order chi connectivity index (χ1) is 30.0. The van der Waals surface area contributed by atoms with Gasteiger partial charge >= 0.3 is 0 Å². The number of benzene rings is 10. The first-order valence-corrected chi connectivity index (χ1v) is 21.3. The molecule has 0 atom stereocenters. The van der Waals surface area contributed by atoms with Crippen molar-refractivity contribution in [2.45, 2.75) is 19.3 Å². The van der Waals surface area contributed by atoms with E-state index >= 15 is 0 Å². The zero-order valence-electron chi connectivity index (χ0n) is 34.0. The Balaban J connectivity index is 0.930. The minimum absolute atomic E-state index is 0.0996. The van der Waals surface area contributed by atoms with Gasteiger partial charge in [-0.2, -0.15) is 0 Å². The van der Waals surface area contributed by atoms with Crippen LogP contribution in [-0.2, 0) is 5.41 Å². The van der Waals surface area contributed by atoms with Crippen LogP contribution in [-0.4, -0.2) is 0 Å².